The number of carbonyl (C=O) groups is 2. The summed E-state index contributed by atoms with van der Waals surface area (Å²) < 4.78 is 36.9. The van der Waals surface area contributed by atoms with E-state index in [-0.39, 0.29) is 16.3 Å². The van der Waals surface area contributed by atoms with Crippen molar-refractivity contribution < 1.29 is 22.8 Å². The Morgan fingerprint density at radius 2 is 2.00 bits per heavy atom. The Balaban J connectivity index is 2.49. The van der Waals surface area contributed by atoms with Gasteiger partial charge in [-0.1, -0.05) is 17.7 Å². The first kappa shape index (κ1) is 11.9. The van der Waals surface area contributed by atoms with Crippen LogP contribution in [0.5, 0.6) is 0 Å². The number of halogens is 4. The fraction of sp³-hybridized carbons (Fsp3) is 0.200. The molecule has 0 atom stereocenters. The van der Waals surface area contributed by atoms with Gasteiger partial charge in [0.15, 0.2) is 5.78 Å². The molecule has 90 valence electrons. The highest BCUT2D eigenvalue weighted by molar-refractivity contribution is 6.36. The van der Waals surface area contributed by atoms with E-state index in [1.54, 1.807) is 0 Å². The highest BCUT2D eigenvalue weighted by Gasteiger charge is 2.46. The van der Waals surface area contributed by atoms with Crippen molar-refractivity contribution in [1.82, 2.24) is 0 Å². The molecule has 0 saturated carbocycles. The summed E-state index contributed by atoms with van der Waals surface area (Å²) in [5, 5.41) is 0.0463. The largest absolute Gasteiger partial charge is 0.471 e. The minimum atomic E-state index is -5.01. The van der Waals surface area contributed by atoms with Crippen LogP contribution in [-0.4, -0.2) is 24.4 Å². The summed E-state index contributed by atoms with van der Waals surface area (Å²) in [5.74, 6) is -2.66. The van der Waals surface area contributed by atoms with Crippen LogP contribution in [0, 0.1) is 0 Å². The molecular weight excluding hydrogens is 259 g/mol. The zero-order chi connectivity index (χ0) is 12.8. The van der Waals surface area contributed by atoms with Crippen LogP contribution in [0.4, 0.5) is 18.9 Å². The van der Waals surface area contributed by atoms with E-state index in [1.807, 2.05) is 0 Å². The summed E-state index contributed by atoms with van der Waals surface area (Å²) in [6.07, 6.45) is -5.01. The summed E-state index contributed by atoms with van der Waals surface area (Å²) >= 11 is 5.71. The van der Waals surface area contributed by atoms with E-state index in [0.717, 1.165) is 0 Å². The molecule has 2 rings (SSSR count). The molecule has 1 aromatic rings. The SMILES string of the molecule is O=C1CN(C(=O)C(F)(F)F)c2cccc(Cl)c21. The monoisotopic (exact) mass is 263 g/mol. The van der Waals surface area contributed by atoms with E-state index in [2.05, 4.69) is 0 Å². The second-order valence-electron chi connectivity index (χ2n) is 3.45. The quantitative estimate of drug-likeness (QED) is 0.721. The number of hydrogen-bond acceptors (Lipinski definition) is 2. The third kappa shape index (κ3) is 1.88. The van der Waals surface area contributed by atoms with E-state index in [1.165, 1.54) is 18.2 Å². The van der Waals surface area contributed by atoms with Gasteiger partial charge in [0.25, 0.3) is 0 Å². The first-order chi connectivity index (χ1) is 7.82. The van der Waals surface area contributed by atoms with E-state index < -0.39 is 24.4 Å². The molecule has 0 aliphatic carbocycles. The number of amides is 1. The predicted octanol–water partition coefficient (Wildman–Crippen LogP) is 2.43. The Kier molecular flexibility index (Phi) is 2.61. The number of nitrogens with zero attached hydrogens (tertiary/aromatic N) is 1. The molecule has 1 aliphatic heterocycles. The molecule has 1 amide bonds. The number of rotatable bonds is 0. The maximum atomic E-state index is 12.3. The molecule has 7 heteroatoms. The molecule has 0 aromatic heterocycles. The number of Topliss-reactive ketones (excluding diaryl/α,β-unsaturated/α-hetero) is 1. The van der Waals surface area contributed by atoms with Crippen LogP contribution in [0.2, 0.25) is 5.02 Å². The van der Waals surface area contributed by atoms with E-state index >= 15 is 0 Å². The maximum Gasteiger partial charge on any atom is 0.471 e. The molecule has 1 aliphatic rings. The van der Waals surface area contributed by atoms with Gasteiger partial charge < -0.3 is 0 Å². The summed E-state index contributed by atoms with van der Waals surface area (Å²) in [6.45, 7) is -0.628. The number of benzene rings is 1. The first-order valence-corrected chi connectivity index (χ1v) is 4.90. The van der Waals surface area contributed by atoms with Gasteiger partial charge in [0, 0.05) is 0 Å². The maximum absolute atomic E-state index is 12.3. The minimum absolute atomic E-state index is 0.0354. The van der Waals surface area contributed by atoms with Crippen molar-refractivity contribution in [2.45, 2.75) is 6.18 Å². The van der Waals surface area contributed by atoms with Crippen molar-refractivity contribution in [3.63, 3.8) is 0 Å². The number of anilines is 1. The molecule has 0 spiro atoms. The van der Waals surface area contributed by atoms with Crippen LogP contribution in [0.25, 0.3) is 0 Å². The lowest BCUT2D eigenvalue weighted by atomic mass is 10.1. The van der Waals surface area contributed by atoms with E-state index in [9.17, 15) is 22.8 Å². The number of hydrogen-bond donors (Lipinski definition) is 0. The number of carbonyl (C=O) groups excluding carboxylic acids is 2. The van der Waals surface area contributed by atoms with Crippen molar-refractivity contribution >= 4 is 29.0 Å². The lowest BCUT2D eigenvalue weighted by molar-refractivity contribution is -0.170. The van der Waals surface area contributed by atoms with Crippen molar-refractivity contribution in [3.8, 4) is 0 Å². The molecule has 17 heavy (non-hydrogen) atoms. The zero-order valence-electron chi connectivity index (χ0n) is 8.21. The smallest absolute Gasteiger partial charge is 0.296 e. The zero-order valence-corrected chi connectivity index (χ0v) is 8.97. The summed E-state index contributed by atoms with van der Waals surface area (Å²) in [7, 11) is 0. The predicted molar refractivity (Wildman–Crippen MR) is 54.2 cm³/mol. The van der Waals surface area contributed by atoms with Gasteiger partial charge in [-0.05, 0) is 12.1 Å². The highest BCUT2D eigenvalue weighted by atomic mass is 35.5. The van der Waals surface area contributed by atoms with Gasteiger partial charge in [-0.15, -0.1) is 0 Å². The molecular formula is C10H5ClF3NO2. The van der Waals surface area contributed by atoms with Gasteiger partial charge in [0.1, 0.15) is 0 Å². The van der Waals surface area contributed by atoms with Crippen molar-refractivity contribution in [3.05, 3.63) is 28.8 Å². The van der Waals surface area contributed by atoms with Crippen LogP contribution in [0.1, 0.15) is 10.4 Å². The Bertz CT molecular complexity index is 513. The molecule has 0 fully saturated rings. The van der Waals surface area contributed by atoms with Gasteiger partial charge in [-0.3, -0.25) is 14.5 Å². The Morgan fingerprint density at radius 1 is 1.35 bits per heavy atom. The van der Waals surface area contributed by atoms with Crippen LogP contribution in [0.3, 0.4) is 0 Å². The van der Waals surface area contributed by atoms with Gasteiger partial charge in [0.05, 0.1) is 22.8 Å². The van der Waals surface area contributed by atoms with Crippen LogP contribution < -0.4 is 4.90 Å². The summed E-state index contributed by atoms with van der Waals surface area (Å²) in [6, 6.07) is 4.03. The third-order valence-electron chi connectivity index (χ3n) is 2.35. The van der Waals surface area contributed by atoms with Crippen molar-refractivity contribution in [2.75, 3.05) is 11.4 Å². The molecule has 0 unspecified atom stereocenters. The molecule has 1 aromatic carbocycles. The molecule has 0 N–H and O–H groups in total. The van der Waals surface area contributed by atoms with Gasteiger partial charge >= 0.3 is 12.1 Å². The standard InChI is InChI=1S/C10H5ClF3NO2/c11-5-2-1-3-6-8(5)7(16)4-15(6)9(17)10(12,13)14/h1-3H,4H2. The van der Waals surface area contributed by atoms with Gasteiger partial charge in [0.2, 0.25) is 0 Å². The fourth-order valence-corrected chi connectivity index (χ4v) is 1.93. The van der Waals surface area contributed by atoms with Crippen molar-refractivity contribution in [2.24, 2.45) is 0 Å². The van der Waals surface area contributed by atoms with Crippen LogP contribution in [-0.2, 0) is 4.79 Å². The van der Waals surface area contributed by atoms with Gasteiger partial charge in [-0.25, -0.2) is 0 Å². The minimum Gasteiger partial charge on any atom is -0.296 e. The summed E-state index contributed by atoms with van der Waals surface area (Å²) in [4.78, 5) is 23.0. The average molecular weight is 264 g/mol. The topological polar surface area (TPSA) is 37.4 Å². The lowest BCUT2D eigenvalue weighted by Crippen LogP contribution is -2.40. The molecule has 0 radical (unpaired) electrons. The molecule has 1 heterocycles. The second kappa shape index (κ2) is 3.73. The van der Waals surface area contributed by atoms with Crippen LogP contribution in [0.15, 0.2) is 18.2 Å². The fourth-order valence-electron chi connectivity index (χ4n) is 1.66. The average Bonchev–Trinajstić information content (AvgIpc) is 2.55. The Hall–Kier alpha value is -1.56. The molecule has 3 nitrogen and oxygen atoms in total. The Labute approximate surface area is 98.8 Å². The van der Waals surface area contributed by atoms with E-state index in [0.29, 0.717) is 4.90 Å². The first-order valence-electron chi connectivity index (χ1n) is 4.53. The highest BCUT2D eigenvalue weighted by Crippen LogP contribution is 2.35. The van der Waals surface area contributed by atoms with Gasteiger partial charge in [-0.2, -0.15) is 13.2 Å². The molecule has 0 bridgehead atoms. The second-order valence-corrected chi connectivity index (χ2v) is 3.85. The lowest BCUT2D eigenvalue weighted by Gasteiger charge is -2.17. The Morgan fingerprint density at radius 3 is 2.59 bits per heavy atom. The summed E-state index contributed by atoms with van der Waals surface area (Å²) in [5.41, 5.74) is -0.128. The normalized spacial score (nSPS) is 15.1. The van der Waals surface area contributed by atoms with E-state index in [4.69, 9.17) is 11.6 Å². The number of fused-ring (bicyclic) bond motifs is 1. The van der Waals surface area contributed by atoms with Crippen LogP contribution >= 0.6 is 11.6 Å². The molecule has 0 saturated heterocycles. The number of ketones is 1. The van der Waals surface area contributed by atoms with Crippen molar-refractivity contribution in [1.29, 1.82) is 0 Å². The number of alkyl halides is 3. The third-order valence-corrected chi connectivity index (χ3v) is 2.67.